The maximum atomic E-state index is 5.52. The average molecular weight is 203 g/mol. The highest BCUT2D eigenvalue weighted by atomic mass is 16.5. The maximum Gasteiger partial charge on any atom is 0.232 e. The van der Waals surface area contributed by atoms with Crippen molar-refractivity contribution < 1.29 is 4.74 Å². The van der Waals surface area contributed by atoms with Crippen LogP contribution in [0.5, 0.6) is 5.88 Å². The molecule has 0 amide bonds. The lowest BCUT2D eigenvalue weighted by molar-refractivity contribution is 0.394. The van der Waals surface area contributed by atoms with E-state index in [1.165, 1.54) is 0 Å². The summed E-state index contributed by atoms with van der Waals surface area (Å²) >= 11 is 0. The van der Waals surface area contributed by atoms with Crippen molar-refractivity contribution in [3.05, 3.63) is 42.1 Å². The molecule has 0 bridgehead atoms. The van der Waals surface area contributed by atoms with Gasteiger partial charge < -0.3 is 10.5 Å². The third-order valence-electron chi connectivity index (χ3n) is 2.21. The highest BCUT2D eigenvalue weighted by molar-refractivity contribution is 5.34. The Morgan fingerprint density at radius 1 is 1.27 bits per heavy atom. The van der Waals surface area contributed by atoms with Crippen LogP contribution < -0.4 is 10.5 Å². The number of methoxy groups -OCH3 is 1. The van der Waals surface area contributed by atoms with Crippen molar-refractivity contribution in [2.24, 2.45) is 5.73 Å². The molecule has 4 nitrogen and oxygen atoms in total. The van der Waals surface area contributed by atoms with Crippen LogP contribution in [0.2, 0.25) is 0 Å². The molecule has 1 aromatic heterocycles. The topological polar surface area (TPSA) is 53.1 Å². The summed E-state index contributed by atoms with van der Waals surface area (Å²) in [5.74, 6) is 0.609. The number of nitrogens with two attached hydrogens (primary N) is 1. The fraction of sp³-hybridized carbons (Fsp3) is 0.182. The summed E-state index contributed by atoms with van der Waals surface area (Å²) < 4.78 is 6.77. The lowest BCUT2D eigenvalue weighted by atomic mass is 10.2. The van der Waals surface area contributed by atoms with Crippen LogP contribution in [0.15, 0.2) is 36.5 Å². The summed E-state index contributed by atoms with van der Waals surface area (Å²) in [6.07, 6.45) is 1.86. The molecule has 2 rings (SSSR count). The van der Waals surface area contributed by atoms with E-state index in [9.17, 15) is 0 Å². The normalized spacial score (nSPS) is 10.3. The quantitative estimate of drug-likeness (QED) is 0.819. The lowest BCUT2D eigenvalue weighted by Gasteiger charge is -2.02. The zero-order chi connectivity index (χ0) is 10.7. The van der Waals surface area contributed by atoms with E-state index in [0.717, 1.165) is 11.3 Å². The zero-order valence-electron chi connectivity index (χ0n) is 8.55. The molecule has 1 aromatic carbocycles. The average Bonchev–Trinajstić information content (AvgIpc) is 2.78. The summed E-state index contributed by atoms with van der Waals surface area (Å²) in [4.78, 5) is 0. The third kappa shape index (κ3) is 1.99. The van der Waals surface area contributed by atoms with E-state index in [1.807, 2.05) is 36.5 Å². The van der Waals surface area contributed by atoms with Gasteiger partial charge in [0, 0.05) is 18.8 Å². The van der Waals surface area contributed by atoms with Crippen LogP contribution in [0.25, 0.3) is 5.69 Å². The van der Waals surface area contributed by atoms with Gasteiger partial charge in [-0.15, -0.1) is 5.10 Å². The minimum atomic E-state index is 0.558. The second kappa shape index (κ2) is 4.14. The van der Waals surface area contributed by atoms with Crippen molar-refractivity contribution in [1.82, 2.24) is 9.78 Å². The molecule has 0 radical (unpaired) electrons. The van der Waals surface area contributed by atoms with Crippen LogP contribution in [0.3, 0.4) is 0 Å². The van der Waals surface area contributed by atoms with E-state index in [1.54, 1.807) is 11.8 Å². The van der Waals surface area contributed by atoms with Gasteiger partial charge >= 0.3 is 0 Å². The number of aromatic nitrogens is 2. The predicted octanol–water partition coefficient (Wildman–Crippen LogP) is 1.34. The van der Waals surface area contributed by atoms with Crippen LogP contribution >= 0.6 is 0 Å². The lowest BCUT2D eigenvalue weighted by Crippen LogP contribution is -1.98. The first kappa shape index (κ1) is 9.73. The Morgan fingerprint density at radius 2 is 2.00 bits per heavy atom. The van der Waals surface area contributed by atoms with E-state index in [-0.39, 0.29) is 0 Å². The molecule has 0 saturated heterocycles. The molecular weight excluding hydrogens is 190 g/mol. The van der Waals surface area contributed by atoms with Gasteiger partial charge in [-0.2, -0.15) is 0 Å². The number of rotatable bonds is 3. The van der Waals surface area contributed by atoms with Crippen molar-refractivity contribution >= 4 is 0 Å². The van der Waals surface area contributed by atoms with Crippen molar-refractivity contribution in [2.75, 3.05) is 7.11 Å². The third-order valence-corrected chi connectivity index (χ3v) is 2.21. The number of nitrogens with zero attached hydrogens (tertiary/aromatic N) is 2. The minimum absolute atomic E-state index is 0.558. The molecule has 15 heavy (non-hydrogen) atoms. The molecule has 1 heterocycles. The highest BCUT2D eigenvalue weighted by Crippen LogP contribution is 2.12. The van der Waals surface area contributed by atoms with Gasteiger partial charge in [0.1, 0.15) is 0 Å². The molecule has 0 spiro atoms. The van der Waals surface area contributed by atoms with E-state index in [4.69, 9.17) is 10.5 Å². The molecule has 0 aliphatic carbocycles. The molecule has 0 unspecified atom stereocenters. The number of benzene rings is 1. The first-order valence-corrected chi connectivity index (χ1v) is 4.72. The Balaban J connectivity index is 2.28. The van der Waals surface area contributed by atoms with Crippen molar-refractivity contribution in [2.45, 2.75) is 6.54 Å². The Labute approximate surface area is 88.3 Å². The van der Waals surface area contributed by atoms with Crippen LogP contribution in [0.1, 0.15) is 5.56 Å². The molecule has 0 fully saturated rings. The Hall–Kier alpha value is -1.81. The second-order valence-corrected chi connectivity index (χ2v) is 3.17. The van der Waals surface area contributed by atoms with Crippen molar-refractivity contribution in [3.8, 4) is 11.6 Å². The fourth-order valence-corrected chi connectivity index (χ4v) is 1.34. The molecule has 0 saturated carbocycles. The summed E-state index contributed by atoms with van der Waals surface area (Å²) in [5.41, 5.74) is 7.63. The van der Waals surface area contributed by atoms with Crippen LogP contribution in [-0.2, 0) is 6.54 Å². The summed E-state index contributed by atoms with van der Waals surface area (Å²) in [6.45, 7) is 0.558. The van der Waals surface area contributed by atoms with E-state index in [2.05, 4.69) is 5.10 Å². The molecule has 78 valence electrons. The minimum Gasteiger partial charge on any atom is -0.480 e. The van der Waals surface area contributed by atoms with E-state index in [0.29, 0.717) is 12.4 Å². The van der Waals surface area contributed by atoms with Gasteiger partial charge in [-0.3, -0.25) is 0 Å². The van der Waals surface area contributed by atoms with Gasteiger partial charge in [0.15, 0.2) is 0 Å². The van der Waals surface area contributed by atoms with Gasteiger partial charge in [0.2, 0.25) is 5.88 Å². The first-order chi connectivity index (χ1) is 7.33. The van der Waals surface area contributed by atoms with Gasteiger partial charge in [-0.05, 0) is 17.7 Å². The number of hydrogen-bond acceptors (Lipinski definition) is 3. The molecule has 4 heteroatoms. The summed E-state index contributed by atoms with van der Waals surface area (Å²) in [7, 11) is 1.60. The van der Waals surface area contributed by atoms with Crippen LogP contribution in [0, 0.1) is 0 Å². The van der Waals surface area contributed by atoms with Gasteiger partial charge in [-0.1, -0.05) is 12.1 Å². The van der Waals surface area contributed by atoms with E-state index >= 15 is 0 Å². The smallest absolute Gasteiger partial charge is 0.232 e. The molecule has 2 N–H and O–H groups in total. The van der Waals surface area contributed by atoms with Crippen LogP contribution in [0.4, 0.5) is 0 Å². The fourth-order valence-electron chi connectivity index (χ4n) is 1.34. The predicted molar refractivity (Wildman–Crippen MR) is 58.0 cm³/mol. The molecule has 2 aromatic rings. The Kier molecular flexibility index (Phi) is 2.69. The van der Waals surface area contributed by atoms with Crippen molar-refractivity contribution in [1.29, 1.82) is 0 Å². The summed E-state index contributed by atoms with van der Waals surface area (Å²) in [5, 5.41) is 4.22. The van der Waals surface area contributed by atoms with Gasteiger partial charge in [0.25, 0.3) is 0 Å². The van der Waals surface area contributed by atoms with Crippen molar-refractivity contribution in [3.63, 3.8) is 0 Å². The Morgan fingerprint density at radius 3 is 2.53 bits per heavy atom. The maximum absolute atomic E-state index is 5.52. The van der Waals surface area contributed by atoms with E-state index < -0.39 is 0 Å². The summed E-state index contributed by atoms with van der Waals surface area (Å²) in [6, 6.07) is 9.76. The monoisotopic (exact) mass is 203 g/mol. The largest absolute Gasteiger partial charge is 0.480 e. The number of hydrogen-bond donors (Lipinski definition) is 1. The molecular formula is C11H13N3O. The first-order valence-electron chi connectivity index (χ1n) is 4.72. The molecule has 0 aliphatic heterocycles. The SMILES string of the molecule is COc1ccn(-c2ccc(CN)cc2)n1. The molecule has 0 aliphatic rings. The van der Waals surface area contributed by atoms with Crippen LogP contribution in [-0.4, -0.2) is 16.9 Å². The number of ether oxygens (including phenoxy) is 1. The standard InChI is InChI=1S/C11H13N3O/c1-15-11-6-7-14(13-11)10-4-2-9(8-12)3-5-10/h2-7H,8,12H2,1H3. The zero-order valence-corrected chi connectivity index (χ0v) is 8.55. The molecule has 0 atom stereocenters. The second-order valence-electron chi connectivity index (χ2n) is 3.17. The van der Waals surface area contributed by atoms with Gasteiger partial charge in [0.05, 0.1) is 12.8 Å². The highest BCUT2D eigenvalue weighted by Gasteiger charge is 2.00. The van der Waals surface area contributed by atoms with Gasteiger partial charge in [-0.25, -0.2) is 4.68 Å². The Bertz CT molecular complexity index is 433.